The minimum atomic E-state index is -1.49. The summed E-state index contributed by atoms with van der Waals surface area (Å²) in [6.07, 6.45) is 4.80. The van der Waals surface area contributed by atoms with Crippen LogP contribution in [0.25, 0.3) is 11.1 Å². The van der Waals surface area contributed by atoms with Gasteiger partial charge in [0.25, 0.3) is 0 Å². The van der Waals surface area contributed by atoms with Crippen molar-refractivity contribution in [1.29, 1.82) is 0 Å². The highest BCUT2D eigenvalue weighted by molar-refractivity contribution is 6.20. The van der Waals surface area contributed by atoms with E-state index in [1.165, 1.54) is 0 Å². The van der Waals surface area contributed by atoms with Gasteiger partial charge in [-0.2, -0.15) is 5.10 Å². The normalized spacial score (nSPS) is 27.9. The smallest absolute Gasteiger partial charge is 0.328 e. The molecule has 0 saturated carbocycles. The third-order valence-corrected chi connectivity index (χ3v) is 5.97. The summed E-state index contributed by atoms with van der Waals surface area (Å²) in [5, 5.41) is 11.3. The molecular weight excluding hydrogens is 376 g/mol. The molecule has 4 amide bonds. The van der Waals surface area contributed by atoms with Crippen LogP contribution in [0.5, 0.6) is 0 Å². The number of amides is 4. The predicted octanol–water partition coefficient (Wildman–Crippen LogP) is 0.362. The molecule has 0 aromatic carbocycles. The number of aromatic nitrogens is 3. The number of barbiturate groups is 1. The molecule has 0 radical (unpaired) electrons. The first-order chi connectivity index (χ1) is 13.9. The van der Waals surface area contributed by atoms with E-state index in [2.05, 4.69) is 25.8 Å². The molecule has 3 atom stereocenters. The Balaban J connectivity index is 1.69. The molecule has 150 valence electrons. The van der Waals surface area contributed by atoms with E-state index in [1.807, 2.05) is 24.8 Å². The largest absolute Gasteiger partial charge is 0.372 e. The summed E-state index contributed by atoms with van der Waals surface area (Å²) in [7, 11) is 0. The summed E-state index contributed by atoms with van der Waals surface area (Å²) in [6.45, 7) is 4.27. The Kier molecular flexibility index (Phi) is 3.75. The third-order valence-electron chi connectivity index (χ3n) is 5.97. The Bertz CT molecular complexity index is 1000. The zero-order valence-corrected chi connectivity index (χ0v) is 15.9. The van der Waals surface area contributed by atoms with Gasteiger partial charge < -0.3 is 9.64 Å². The van der Waals surface area contributed by atoms with Gasteiger partial charge in [-0.25, -0.2) is 9.78 Å². The lowest BCUT2D eigenvalue weighted by Crippen LogP contribution is -2.75. The van der Waals surface area contributed by atoms with Crippen molar-refractivity contribution < 1.29 is 19.1 Å². The molecule has 3 aliphatic heterocycles. The van der Waals surface area contributed by atoms with Crippen LogP contribution in [0.2, 0.25) is 0 Å². The van der Waals surface area contributed by atoms with Crippen LogP contribution >= 0.6 is 0 Å². The van der Waals surface area contributed by atoms with E-state index in [0.29, 0.717) is 6.54 Å². The number of nitrogens with one attached hydrogen (secondary N) is 3. The van der Waals surface area contributed by atoms with E-state index in [-0.39, 0.29) is 12.5 Å². The highest BCUT2D eigenvalue weighted by atomic mass is 16.5. The minimum absolute atomic E-state index is 0.101. The van der Waals surface area contributed by atoms with Gasteiger partial charge >= 0.3 is 6.03 Å². The topological polar surface area (TPSA) is 129 Å². The number of rotatable bonds is 1. The Morgan fingerprint density at radius 2 is 1.90 bits per heavy atom. The summed E-state index contributed by atoms with van der Waals surface area (Å²) >= 11 is 0. The lowest BCUT2D eigenvalue weighted by Gasteiger charge is -2.54. The number of carbonyl (C=O) groups excluding carboxylic acids is 3. The third kappa shape index (κ3) is 2.48. The summed E-state index contributed by atoms with van der Waals surface area (Å²) < 4.78 is 5.98. The number of anilines is 1. The Labute approximate surface area is 166 Å². The van der Waals surface area contributed by atoms with E-state index in [1.54, 1.807) is 18.6 Å². The molecular formula is C19H20N6O4. The first-order valence-electron chi connectivity index (χ1n) is 9.47. The molecule has 0 bridgehead atoms. The van der Waals surface area contributed by atoms with Crippen molar-refractivity contribution in [2.45, 2.75) is 38.5 Å². The van der Waals surface area contributed by atoms with Crippen LogP contribution < -0.4 is 15.5 Å². The van der Waals surface area contributed by atoms with Gasteiger partial charge in [0.15, 0.2) is 5.41 Å². The van der Waals surface area contributed by atoms with Crippen LogP contribution in [0, 0.1) is 5.41 Å². The Hall–Kier alpha value is -3.27. The van der Waals surface area contributed by atoms with E-state index in [9.17, 15) is 14.4 Å². The summed E-state index contributed by atoms with van der Waals surface area (Å²) in [5.74, 6) is -0.483. The van der Waals surface area contributed by atoms with E-state index in [4.69, 9.17) is 4.74 Å². The number of imide groups is 2. The molecule has 2 aromatic rings. The second-order valence-electron chi connectivity index (χ2n) is 7.83. The number of morpholine rings is 1. The van der Waals surface area contributed by atoms with Gasteiger partial charge in [-0.15, -0.1) is 0 Å². The Morgan fingerprint density at radius 1 is 1.14 bits per heavy atom. The number of ether oxygens (including phenoxy) is 1. The number of aromatic amines is 1. The van der Waals surface area contributed by atoms with Gasteiger partial charge in [0, 0.05) is 36.5 Å². The maximum atomic E-state index is 13.1. The van der Waals surface area contributed by atoms with E-state index in [0.717, 1.165) is 22.5 Å². The summed E-state index contributed by atoms with van der Waals surface area (Å²) in [4.78, 5) is 44.5. The van der Waals surface area contributed by atoms with Gasteiger partial charge in [-0.05, 0) is 25.5 Å². The molecule has 5 rings (SSSR count). The van der Waals surface area contributed by atoms with Crippen molar-refractivity contribution in [3.8, 4) is 11.1 Å². The van der Waals surface area contributed by atoms with Crippen LogP contribution in [-0.2, 0) is 20.7 Å². The molecule has 29 heavy (non-hydrogen) atoms. The highest BCUT2D eigenvalue weighted by Crippen LogP contribution is 2.46. The zero-order valence-electron chi connectivity index (χ0n) is 15.9. The number of urea groups is 1. The fraction of sp³-hybridized carbons (Fsp3) is 0.421. The molecule has 0 unspecified atom stereocenters. The number of hydrogen-bond donors (Lipinski definition) is 3. The van der Waals surface area contributed by atoms with Gasteiger partial charge in [-0.3, -0.25) is 25.3 Å². The van der Waals surface area contributed by atoms with Gasteiger partial charge in [0.2, 0.25) is 11.8 Å². The molecule has 2 aromatic heterocycles. The van der Waals surface area contributed by atoms with Crippen molar-refractivity contribution in [2.75, 3.05) is 11.4 Å². The van der Waals surface area contributed by atoms with Crippen molar-refractivity contribution in [3.05, 3.63) is 30.2 Å². The fourth-order valence-corrected chi connectivity index (χ4v) is 4.87. The maximum Gasteiger partial charge on any atom is 0.328 e. The van der Waals surface area contributed by atoms with Crippen LogP contribution in [0.15, 0.2) is 24.7 Å². The van der Waals surface area contributed by atoms with Crippen LogP contribution in [-0.4, -0.2) is 57.8 Å². The number of fused-ring (bicyclic) bond motifs is 4. The SMILES string of the molecule is C[C@@H]1CN2c3ncc(-c4cn[nH]c4)cc3CC3(C(=O)NC(=O)NC3=O)[C@H]2[C@H](C)O1. The lowest BCUT2D eigenvalue weighted by molar-refractivity contribution is -0.153. The zero-order chi connectivity index (χ0) is 20.3. The first-order valence-corrected chi connectivity index (χ1v) is 9.47. The molecule has 10 nitrogen and oxygen atoms in total. The van der Waals surface area contributed by atoms with Gasteiger partial charge in [-0.1, -0.05) is 0 Å². The second-order valence-corrected chi connectivity index (χ2v) is 7.83. The minimum Gasteiger partial charge on any atom is -0.372 e. The number of nitrogens with zero attached hydrogens (tertiary/aromatic N) is 3. The molecule has 3 aliphatic rings. The van der Waals surface area contributed by atoms with Crippen molar-refractivity contribution in [2.24, 2.45) is 5.41 Å². The van der Waals surface area contributed by atoms with Gasteiger partial charge in [0.05, 0.1) is 24.4 Å². The summed E-state index contributed by atoms with van der Waals surface area (Å²) in [5.41, 5.74) is 0.957. The van der Waals surface area contributed by atoms with Crippen molar-refractivity contribution >= 4 is 23.7 Å². The molecule has 0 aliphatic carbocycles. The molecule has 3 N–H and O–H groups in total. The maximum absolute atomic E-state index is 13.1. The number of pyridine rings is 1. The predicted molar refractivity (Wildman–Crippen MR) is 101 cm³/mol. The molecule has 5 heterocycles. The lowest BCUT2D eigenvalue weighted by atomic mass is 9.67. The van der Waals surface area contributed by atoms with Crippen molar-refractivity contribution in [3.63, 3.8) is 0 Å². The fourth-order valence-electron chi connectivity index (χ4n) is 4.87. The standard InChI is InChI=1S/C19H20N6O4/c1-9-8-25-14(10(2)29-9)19(16(26)23-18(28)24-17(19)27)4-11-3-12(5-20-15(11)25)13-6-21-22-7-13/h3,5-7,9-10,14H,4,8H2,1-2H3,(H,21,22)(H2,23,24,26,27,28)/t9-,10+,14-/m1/s1. The average molecular weight is 396 g/mol. The highest BCUT2D eigenvalue weighted by Gasteiger charge is 2.63. The molecule has 2 fully saturated rings. The van der Waals surface area contributed by atoms with Gasteiger partial charge in [0.1, 0.15) is 5.82 Å². The van der Waals surface area contributed by atoms with Crippen LogP contribution in [0.3, 0.4) is 0 Å². The molecule has 10 heteroatoms. The van der Waals surface area contributed by atoms with Crippen LogP contribution in [0.4, 0.5) is 10.6 Å². The molecule has 2 saturated heterocycles. The average Bonchev–Trinajstić information content (AvgIpc) is 3.20. The quantitative estimate of drug-likeness (QED) is 0.594. The second kappa shape index (κ2) is 6.11. The van der Waals surface area contributed by atoms with Crippen LogP contribution in [0.1, 0.15) is 19.4 Å². The number of H-pyrrole nitrogens is 1. The van der Waals surface area contributed by atoms with E-state index < -0.39 is 35.4 Å². The number of carbonyl (C=O) groups is 3. The van der Waals surface area contributed by atoms with Crippen molar-refractivity contribution in [1.82, 2.24) is 25.8 Å². The monoisotopic (exact) mass is 396 g/mol. The first kappa shape index (κ1) is 17.8. The summed E-state index contributed by atoms with van der Waals surface area (Å²) in [6, 6.07) is 0.546. The number of hydrogen-bond acceptors (Lipinski definition) is 7. The Morgan fingerprint density at radius 3 is 2.59 bits per heavy atom. The van der Waals surface area contributed by atoms with E-state index >= 15 is 0 Å². The molecule has 1 spiro atoms.